The topological polar surface area (TPSA) is 92.9 Å². The van der Waals surface area contributed by atoms with Gasteiger partial charge in [0.1, 0.15) is 0 Å². The lowest BCUT2D eigenvalue weighted by Gasteiger charge is -2.25. The minimum absolute atomic E-state index is 0.00306. The molecule has 0 aromatic carbocycles. The molecular weight excluding hydrogens is 236 g/mol. The molecule has 1 heterocycles. The molecule has 0 saturated carbocycles. The van der Waals surface area contributed by atoms with Crippen molar-refractivity contribution in [2.24, 2.45) is 5.73 Å². The van der Waals surface area contributed by atoms with Gasteiger partial charge in [0, 0.05) is 18.7 Å². The molecule has 0 aromatic heterocycles. The lowest BCUT2D eigenvalue weighted by Crippen LogP contribution is -2.39. The maximum Gasteiger partial charge on any atom is 0.246 e. The number of nitrogens with zero attached hydrogens (tertiary/aromatic N) is 1. The quantitative estimate of drug-likeness (QED) is 0.662. The van der Waals surface area contributed by atoms with Gasteiger partial charge in [-0.2, -0.15) is 0 Å². The van der Waals surface area contributed by atoms with Crippen molar-refractivity contribution in [3.63, 3.8) is 0 Å². The van der Waals surface area contributed by atoms with E-state index in [2.05, 4.69) is 13.2 Å². The molecule has 1 aliphatic rings. The number of hydrogen-bond donors (Lipinski definition) is 2. The van der Waals surface area contributed by atoms with Crippen molar-refractivity contribution in [2.45, 2.75) is 13.0 Å². The molecule has 2 amide bonds. The van der Waals surface area contributed by atoms with Gasteiger partial charge in [0.15, 0.2) is 0 Å². The van der Waals surface area contributed by atoms with Gasteiger partial charge in [-0.25, -0.2) is 0 Å². The van der Waals surface area contributed by atoms with Crippen LogP contribution in [0.25, 0.3) is 0 Å². The Balaban J connectivity index is 0.000000331. The van der Waals surface area contributed by atoms with Crippen LogP contribution in [0.2, 0.25) is 0 Å². The van der Waals surface area contributed by atoms with E-state index in [9.17, 15) is 9.59 Å². The van der Waals surface area contributed by atoms with Crippen LogP contribution in [0.1, 0.15) is 6.92 Å². The number of carbonyl (C=O) groups excluding carboxylic acids is 2. The molecule has 0 radical (unpaired) electrons. The summed E-state index contributed by atoms with van der Waals surface area (Å²) in [6.45, 7) is 10.8. The van der Waals surface area contributed by atoms with Crippen molar-refractivity contribution in [1.29, 1.82) is 0 Å². The summed E-state index contributed by atoms with van der Waals surface area (Å²) in [5.74, 6) is -0.650. The molecule has 3 N–H and O–H groups in total. The number of rotatable bonds is 3. The van der Waals surface area contributed by atoms with Gasteiger partial charge in [-0.15, -0.1) is 0 Å². The van der Waals surface area contributed by atoms with Gasteiger partial charge in [-0.1, -0.05) is 13.2 Å². The van der Waals surface area contributed by atoms with Crippen LogP contribution in [0.4, 0.5) is 0 Å². The highest BCUT2D eigenvalue weighted by Gasteiger charge is 2.12. The van der Waals surface area contributed by atoms with Crippen LogP contribution < -0.4 is 5.73 Å². The summed E-state index contributed by atoms with van der Waals surface area (Å²) >= 11 is 0. The molecule has 0 aromatic rings. The average molecular weight is 256 g/mol. The van der Waals surface area contributed by atoms with Crippen molar-refractivity contribution in [3.8, 4) is 0 Å². The number of hydrogen-bond acceptors (Lipinski definition) is 4. The number of morpholine rings is 1. The average Bonchev–Trinajstić information content (AvgIpc) is 2.38. The fourth-order valence-corrected chi connectivity index (χ4v) is 1.12. The molecule has 1 fully saturated rings. The number of aliphatic hydroxyl groups excluding tert-OH is 1. The van der Waals surface area contributed by atoms with Crippen LogP contribution >= 0.6 is 0 Å². The second-order valence-corrected chi connectivity index (χ2v) is 3.71. The maximum atomic E-state index is 10.9. The number of nitrogens with two attached hydrogens (primary N) is 1. The van der Waals surface area contributed by atoms with Crippen molar-refractivity contribution in [3.05, 3.63) is 24.8 Å². The minimum atomic E-state index is -0.826. The summed E-state index contributed by atoms with van der Waals surface area (Å²) in [7, 11) is 0. The number of carbonyl (C=O) groups is 2. The Morgan fingerprint density at radius 1 is 1.44 bits per heavy atom. The van der Waals surface area contributed by atoms with E-state index in [1.54, 1.807) is 4.90 Å². The van der Waals surface area contributed by atoms with Crippen LogP contribution in [0.15, 0.2) is 24.8 Å². The SMILES string of the molecule is C=C(C(N)=O)C(C)O.C=CC(=O)N1CCOCC1. The zero-order valence-electron chi connectivity index (χ0n) is 10.6. The van der Waals surface area contributed by atoms with Gasteiger partial charge in [0.2, 0.25) is 11.8 Å². The van der Waals surface area contributed by atoms with Crippen LogP contribution in [-0.4, -0.2) is 54.2 Å². The molecule has 0 spiro atoms. The van der Waals surface area contributed by atoms with E-state index in [1.165, 1.54) is 13.0 Å². The first-order valence-electron chi connectivity index (χ1n) is 5.56. The van der Waals surface area contributed by atoms with Gasteiger partial charge in [-0.05, 0) is 13.0 Å². The normalized spacial score (nSPS) is 16.0. The zero-order chi connectivity index (χ0) is 14.1. The van der Waals surface area contributed by atoms with E-state index in [0.717, 1.165) is 0 Å². The van der Waals surface area contributed by atoms with Crippen LogP contribution in [-0.2, 0) is 14.3 Å². The van der Waals surface area contributed by atoms with Crippen molar-refractivity contribution in [1.82, 2.24) is 4.90 Å². The van der Waals surface area contributed by atoms with Crippen molar-refractivity contribution in [2.75, 3.05) is 26.3 Å². The minimum Gasteiger partial charge on any atom is -0.389 e. The molecule has 6 nitrogen and oxygen atoms in total. The second-order valence-electron chi connectivity index (χ2n) is 3.71. The highest BCUT2D eigenvalue weighted by molar-refractivity contribution is 5.92. The van der Waals surface area contributed by atoms with E-state index < -0.39 is 12.0 Å². The molecule has 18 heavy (non-hydrogen) atoms. The molecule has 0 bridgehead atoms. The Labute approximate surface area is 107 Å². The number of primary amides is 1. The summed E-state index contributed by atoms with van der Waals surface area (Å²) < 4.78 is 5.07. The molecule has 1 aliphatic heterocycles. The molecule has 1 unspecified atom stereocenters. The molecule has 1 atom stereocenters. The Hall–Kier alpha value is -1.66. The Kier molecular flexibility index (Phi) is 7.66. The predicted octanol–water partition coefficient (Wildman–Crippen LogP) is -0.560. The first-order valence-corrected chi connectivity index (χ1v) is 5.56. The van der Waals surface area contributed by atoms with Gasteiger partial charge in [0.05, 0.1) is 19.3 Å². The Bertz CT molecular complexity index is 320. The second kappa shape index (κ2) is 8.43. The highest BCUT2D eigenvalue weighted by atomic mass is 16.5. The third-order valence-corrected chi connectivity index (χ3v) is 2.32. The number of amides is 2. The summed E-state index contributed by atoms with van der Waals surface area (Å²) in [6.07, 6.45) is 0.512. The summed E-state index contributed by atoms with van der Waals surface area (Å²) in [6, 6.07) is 0. The van der Waals surface area contributed by atoms with Gasteiger partial charge < -0.3 is 20.5 Å². The lowest BCUT2D eigenvalue weighted by molar-refractivity contribution is -0.129. The monoisotopic (exact) mass is 256 g/mol. The van der Waals surface area contributed by atoms with Crippen molar-refractivity contribution >= 4 is 11.8 Å². The molecule has 1 rings (SSSR count). The van der Waals surface area contributed by atoms with E-state index in [4.69, 9.17) is 15.6 Å². The van der Waals surface area contributed by atoms with Crippen molar-refractivity contribution < 1.29 is 19.4 Å². The summed E-state index contributed by atoms with van der Waals surface area (Å²) in [4.78, 5) is 22.8. The largest absolute Gasteiger partial charge is 0.389 e. The zero-order valence-corrected chi connectivity index (χ0v) is 10.6. The molecular formula is C12H20N2O4. The fraction of sp³-hybridized carbons (Fsp3) is 0.500. The molecule has 102 valence electrons. The predicted molar refractivity (Wildman–Crippen MR) is 67.6 cm³/mol. The third kappa shape index (κ3) is 6.17. The molecule has 0 aliphatic carbocycles. The van der Waals surface area contributed by atoms with Crippen LogP contribution in [0.3, 0.4) is 0 Å². The first kappa shape index (κ1) is 16.3. The molecule has 1 saturated heterocycles. The summed E-state index contributed by atoms with van der Waals surface area (Å²) in [5.41, 5.74) is 4.78. The third-order valence-electron chi connectivity index (χ3n) is 2.32. The van der Waals surface area contributed by atoms with Crippen LogP contribution in [0.5, 0.6) is 0 Å². The fourth-order valence-electron chi connectivity index (χ4n) is 1.12. The highest BCUT2D eigenvalue weighted by Crippen LogP contribution is 1.96. The number of ether oxygens (including phenoxy) is 1. The molecule has 6 heteroatoms. The number of aliphatic hydroxyl groups is 1. The van der Waals surface area contributed by atoms with Crippen LogP contribution in [0, 0.1) is 0 Å². The van der Waals surface area contributed by atoms with E-state index >= 15 is 0 Å². The first-order chi connectivity index (χ1) is 8.40. The summed E-state index contributed by atoms with van der Waals surface area (Å²) in [5, 5.41) is 8.59. The standard InChI is InChI=1S/C7H11NO2.C5H9NO2/c1-2-7(9)8-3-5-10-6-4-8;1-3(4(2)7)5(6)8/h2H,1,3-6H2;4,7H,1H2,2H3,(H2,6,8). The smallest absolute Gasteiger partial charge is 0.246 e. The van der Waals surface area contributed by atoms with Gasteiger partial charge >= 0.3 is 0 Å². The van der Waals surface area contributed by atoms with E-state index in [-0.39, 0.29) is 11.5 Å². The lowest BCUT2D eigenvalue weighted by atomic mass is 10.2. The van der Waals surface area contributed by atoms with E-state index in [1.807, 2.05) is 0 Å². The Morgan fingerprint density at radius 2 is 1.94 bits per heavy atom. The van der Waals surface area contributed by atoms with E-state index in [0.29, 0.717) is 26.3 Å². The van der Waals surface area contributed by atoms with Gasteiger partial charge in [-0.3, -0.25) is 9.59 Å². The Morgan fingerprint density at radius 3 is 2.22 bits per heavy atom. The maximum absolute atomic E-state index is 10.9. The van der Waals surface area contributed by atoms with Gasteiger partial charge in [0.25, 0.3) is 0 Å².